The minimum atomic E-state index is -0.871. The molecule has 0 radical (unpaired) electrons. The van der Waals surface area contributed by atoms with E-state index in [0.717, 1.165) is 47.8 Å². The van der Waals surface area contributed by atoms with Crippen LogP contribution in [0.2, 0.25) is 5.02 Å². The predicted octanol–water partition coefficient (Wildman–Crippen LogP) is 3.99. The molecule has 1 aliphatic heterocycles. The number of carbonyl (C=O) groups is 1. The van der Waals surface area contributed by atoms with Gasteiger partial charge in [0.15, 0.2) is 0 Å². The highest BCUT2D eigenvalue weighted by atomic mass is 35.5. The number of halogens is 1. The van der Waals surface area contributed by atoms with E-state index in [0.29, 0.717) is 5.56 Å². The van der Waals surface area contributed by atoms with E-state index in [4.69, 9.17) is 16.7 Å². The van der Waals surface area contributed by atoms with E-state index in [-0.39, 0.29) is 0 Å². The van der Waals surface area contributed by atoms with Gasteiger partial charge in [-0.1, -0.05) is 23.7 Å². The zero-order valence-corrected chi connectivity index (χ0v) is 12.3. The second-order valence-corrected chi connectivity index (χ2v) is 5.74. The van der Waals surface area contributed by atoms with E-state index in [1.807, 2.05) is 24.3 Å². The molecule has 0 fully saturated rings. The Morgan fingerprint density at radius 1 is 1.24 bits per heavy atom. The highest BCUT2D eigenvalue weighted by Gasteiger charge is 2.18. The monoisotopic (exact) mass is 301 g/mol. The van der Waals surface area contributed by atoms with Crippen LogP contribution < -0.4 is 4.90 Å². The lowest BCUT2D eigenvalue weighted by molar-refractivity contribution is 0.0697. The van der Waals surface area contributed by atoms with Crippen LogP contribution in [0.3, 0.4) is 0 Å². The van der Waals surface area contributed by atoms with E-state index >= 15 is 0 Å². The zero-order chi connectivity index (χ0) is 14.8. The quantitative estimate of drug-likeness (QED) is 0.932. The molecular formula is C17H16ClNO2. The summed E-state index contributed by atoms with van der Waals surface area (Å²) in [6, 6.07) is 13.2. The lowest BCUT2D eigenvalue weighted by atomic mass is 9.98. The van der Waals surface area contributed by atoms with E-state index in [1.54, 1.807) is 12.1 Å². The number of rotatable bonds is 3. The highest BCUT2D eigenvalue weighted by molar-refractivity contribution is 6.30. The summed E-state index contributed by atoms with van der Waals surface area (Å²) in [7, 11) is 0. The average molecular weight is 302 g/mol. The molecule has 0 bridgehead atoms. The molecule has 1 aliphatic rings. The third kappa shape index (κ3) is 3.03. The van der Waals surface area contributed by atoms with Gasteiger partial charge in [0.2, 0.25) is 0 Å². The number of anilines is 1. The lowest BCUT2D eigenvalue weighted by Gasteiger charge is -2.31. The van der Waals surface area contributed by atoms with Gasteiger partial charge in [-0.3, -0.25) is 0 Å². The van der Waals surface area contributed by atoms with Crippen LogP contribution in [0.1, 0.15) is 27.9 Å². The maximum atomic E-state index is 11.1. The van der Waals surface area contributed by atoms with Gasteiger partial charge in [-0.15, -0.1) is 0 Å². The van der Waals surface area contributed by atoms with E-state index in [1.165, 1.54) is 0 Å². The predicted molar refractivity (Wildman–Crippen MR) is 84.2 cm³/mol. The molecule has 21 heavy (non-hydrogen) atoms. The number of carboxylic acids is 1. The Morgan fingerprint density at radius 3 is 2.86 bits per heavy atom. The van der Waals surface area contributed by atoms with Gasteiger partial charge in [-0.25, -0.2) is 4.79 Å². The first-order valence-electron chi connectivity index (χ1n) is 6.99. The van der Waals surface area contributed by atoms with Crippen molar-refractivity contribution in [3.63, 3.8) is 0 Å². The summed E-state index contributed by atoms with van der Waals surface area (Å²) < 4.78 is 0. The largest absolute Gasteiger partial charge is 0.478 e. The second kappa shape index (κ2) is 5.78. The summed E-state index contributed by atoms with van der Waals surface area (Å²) in [6.45, 7) is 1.77. The summed E-state index contributed by atoms with van der Waals surface area (Å²) in [4.78, 5) is 13.4. The van der Waals surface area contributed by atoms with Crippen molar-refractivity contribution in [2.45, 2.75) is 19.4 Å². The number of benzene rings is 2. The molecule has 1 heterocycles. The van der Waals surface area contributed by atoms with Crippen LogP contribution >= 0.6 is 11.6 Å². The number of carboxylic acid groups (broad SMARTS) is 1. The van der Waals surface area contributed by atoms with Crippen molar-refractivity contribution in [3.8, 4) is 0 Å². The maximum Gasteiger partial charge on any atom is 0.335 e. The van der Waals surface area contributed by atoms with Gasteiger partial charge in [0.1, 0.15) is 0 Å². The van der Waals surface area contributed by atoms with Crippen molar-refractivity contribution in [2.75, 3.05) is 11.4 Å². The zero-order valence-electron chi connectivity index (χ0n) is 11.6. The molecule has 108 valence electrons. The van der Waals surface area contributed by atoms with Crippen LogP contribution in [0.5, 0.6) is 0 Å². The topological polar surface area (TPSA) is 40.5 Å². The third-order valence-electron chi connectivity index (χ3n) is 3.80. The Labute approximate surface area is 128 Å². The molecule has 0 spiro atoms. The minimum Gasteiger partial charge on any atom is -0.478 e. The van der Waals surface area contributed by atoms with Crippen LogP contribution in [-0.2, 0) is 13.0 Å². The lowest BCUT2D eigenvalue weighted by Crippen LogP contribution is -2.29. The van der Waals surface area contributed by atoms with E-state index in [9.17, 15) is 4.79 Å². The van der Waals surface area contributed by atoms with Crippen molar-refractivity contribution in [2.24, 2.45) is 0 Å². The van der Waals surface area contributed by atoms with Gasteiger partial charge < -0.3 is 10.0 Å². The number of hydrogen-bond donors (Lipinski definition) is 1. The molecule has 3 nitrogen and oxygen atoms in total. The maximum absolute atomic E-state index is 11.1. The fraction of sp³-hybridized carbons (Fsp3) is 0.235. The summed E-state index contributed by atoms with van der Waals surface area (Å²) >= 11 is 6.03. The first-order valence-corrected chi connectivity index (χ1v) is 7.37. The van der Waals surface area contributed by atoms with Crippen molar-refractivity contribution in [1.29, 1.82) is 0 Å². The van der Waals surface area contributed by atoms with E-state index < -0.39 is 5.97 Å². The molecule has 2 aromatic carbocycles. The van der Waals surface area contributed by atoms with Crippen LogP contribution in [0.15, 0.2) is 42.5 Å². The second-order valence-electron chi connectivity index (χ2n) is 5.30. The molecule has 0 saturated carbocycles. The van der Waals surface area contributed by atoms with E-state index in [2.05, 4.69) is 11.0 Å². The fourth-order valence-electron chi connectivity index (χ4n) is 2.83. The number of hydrogen-bond acceptors (Lipinski definition) is 2. The Kier molecular flexibility index (Phi) is 3.84. The van der Waals surface area contributed by atoms with Crippen LogP contribution in [0, 0.1) is 0 Å². The standard InChI is InChI=1S/C17H16ClNO2/c18-15-5-1-3-12(9-15)11-19-8-2-4-13-10-14(17(20)21)6-7-16(13)19/h1,3,5-7,9-10H,2,4,8,11H2,(H,20,21). The fourth-order valence-corrected chi connectivity index (χ4v) is 3.04. The summed E-state index contributed by atoms with van der Waals surface area (Å²) in [5.41, 5.74) is 3.77. The van der Waals surface area contributed by atoms with Crippen LogP contribution in [0.25, 0.3) is 0 Å². The number of aromatic carboxylic acids is 1. The van der Waals surface area contributed by atoms with Gasteiger partial charge in [0, 0.05) is 23.8 Å². The molecule has 0 aromatic heterocycles. The smallest absolute Gasteiger partial charge is 0.335 e. The van der Waals surface area contributed by atoms with Gasteiger partial charge in [-0.05, 0) is 54.3 Å². The molecule has 2 aromatic rings. The molecular weight excluding hydrogens is 286 g/mol. The van der Waals surface area contributed by atoms with Crippen molar-refractivity contribution in [1.82, 2.24) is 0 Å². The Balaban J connectivity index is 1.88. The SMILES string of the molecule is O=C(O)c1ccc2c(c1)CCCN2Cc1cccc(Cl)c1. The van der Waals surface area contributed by atoms with Gasteiger partial charge in [0.25, 0.3) is 0 Å². The van der Waals surface area contributed by atoms with Gasteiger partial charge in [-0.2, -0.15) is 0 Å². The highest BCUT2D eigenvalue weighted by Crippen LogP contribution is 2.29. The Bertz CT molecular complexity index is 684. The summed E-state index contributed by atoms with van der Waals surface area (Å²) in [6.07, 6.45) is 1.97. The normalized spacial score (nSPS) is 13.9. The van der Waals surface area contributed by atoms with Gasteiger partial charge in [0.05, 0.1) is 5.56 Å². The van der Waals surface area contributed by atoms with Crippen molar-refractivity contribution in [3.05, 3.63) is 64.2 Å². The third-order valence-corrected chi connectivity index (χ3v) is 4.04. The molecule has 0 atom stereocenters. The molecule has 0 unspecified atom stereocenters. The minimum absolute atomic E-state index is 0.360. The first-order chi connectivity index (χ1) is 10.1. The number of fused-ring (bicyclic) bond motifs is 1. The Morgan fingerprint density at radius 2 is 2.10 bits per heavy atom. The van der Waals surface area contributed by atoms with Gasteiger partial charge >= 0.3 is 5.97 Å². The van der Waals surface area contributed by atoms with Crippen LogP contribution in [-0.4, -0.2) is 17.6 Å². The first kappa shape index (κ1) is 14.0. The molecule has 4 heteroatoms. The molecule has 0 saturated heterocycles. The summed E-state index contributed by atoms with van der Waals surface area (Å²) in [5.74, 6) is -0.871. The number of aryl methyl sites for hydroxylation is 1. The molecule has 1 N–H and O–H groups in total. The van der Waals surface area contributed by atoms with Crippen LogP contribution in [0.4, 0.5) is 5.69 Å². The average Bonchev–Trinajstić information content (AvgIpc) is 2.47. The summed E-state index contributed by atoms with van der Waals surface area (Å²) in [5, 5.41) is 9.83. The molecule has 3 rings (SSSR count). The molecule has 0 aliphatic carbocycles. The number of nitrogens with zero attached hydrogens (tertiary/aromatic N) is 1. The van der Waals surface area contributed by atoms with Crippen molar-refractivity contribution < 1.29 is 9.90 Å². The Hall–Kier alpha value is -2.00. The molecule has 0 amide bonds. The van der Waals surface area contributed by atoms with Crippen molar-refractivity contribution >= 4 is 23.3 Å².